The molecule has 1 saturated heterocycles. The van der Waals surface area contributed by atoms with Crippen LogP contribution in [-0.4, -0.2) is 29.1 Å². The van der Waals surface area contributed by atoms with Crippen molar-refractivity contribution in [2.24, 2.45) is 11.3 Å². The summed E-state index contributed by atoms with van der Waals surface area (Å²) in [6, 6.07) is 3.40. The molecule has 5 heteroatoms. The third kappa shape index (κ3) is 2.10. The molecule has 0 unspecified atom stereocenters. The normalized spacial score (nSPS) is 29.6. The van der Waals surface area contributed by atoms with Crippen molar-refractivity contribution in [2.45, 2.75) is 25.8 Å². The number of fused-ring (bicyclic) bond motifs is 1. The van der Waals surface area contributed by atoms with Gasteiger partial charge in [-0.05, 0) is 37.0 Å². The Morgan fingerprint density at radius 1 is 1.45 bits per heavy atom. The first-order valence-electron chi connectivity index (χ1n) is 6.91. The quantitative estimate of drug-likeness (QED) is 0.926. The number of carboxylic acids is 1. The standard InChI is InChI=1S/C15H17F2NO2/c16-12-3-4-13(17)10(6-12)7-18-8-11-2-1-5-15(11,9-18)14(19)20/h3-4,6,11H,1-2,5,7-9H2,(H,19,20)/t11-,15+/m0/s1. The first-order valence-corrected chi connectivity index (χ1v) is 6.91. The molecule has 2 fully saturated rings. The van der Waals surface area contributed by atoms with Gasteiger partial charge in [0.2, 0.25) is 0 Å². The minimum Gasteiger partial charge on any atom is -0.481 e. The van der Waals surface area contributed by atoms with Gasteiger partial charge >= 0.3 is 5.97 Å². The van der Waals surface area contributed by atoms with E-state index in [0.29, 0.717) is 25.1 Å². The maximum absolute atomic E-state index is 13.7. The fourth-order valence-corrected chi connectivity index (χ4v) is 3.77. The van der Waals surface area contributed by atoms with Crippen LogP contribution in [0.1, 0.15) is 24.8 Å². The molecule has 1 aromatic carbocycles. The zero-order valence-corrected chi connectivity index (χ0v) is 11.1. The molecule has 0 aromatic heterocycles. The largest absolute Gasteiger partial charge is 0.481 e. The van der Waals surface area contributed by atoms with E-state index in [2.05, 4.69) is 0 Å². The average molecular weight is 281 g/mol. The first-order chi connectivity index (χ1) is 9.51. The maximum Gasteiger partial charge on any atom is 0.311 e. The number of hydrogen-bond acceptors (Lipinski definition) is 2. The van der Waals surface area contributed by atoms with Crippen molar-refractivity contribution < 1.29 is 18.7 Å². The van der Waals surface area contributed by atoms with Crippen LogP contribution < -0.4 is 0 Å². The summed E-state index contributed by atoms with van der Waals surface area (Å²) >= 11 is 0. The van der Waals surface area contributed by atoms with Crippen LogP contribution in [0.3, 0.4) is 0 Å². The molecule has 0 radical (unpaired) electrons. The van der Waals surface area contributed by atoms with Crippen molar-refractivity contribution in [1.82, 2.24) is 4.90 Å². The summed E-state index contributed by atoms with van der Waals surface area (Å²) in [7, 11) is 0. The summed E-state index contributed by atoms with van der Waals surface area (Å²) in [4.78, 5) is 13.5. The predicted molar refractivity (Wildman–Crippen MR) is 69.0 cm³/mol. The van der Waals surface area contributed by atoms with E-state index >= 15 is 0 Å². The lowest BCUT2D eigenvalue weighted by molar-refractivity contribution is -0.149. The van der Waals surface area contributed by atoms with E-state index in [9.17, 15) is 18.7 Å². The van der Waals surface area contributed by atoms with Gasteiger partial charge in [-0.3, -0.25) is 9.69 Å². The van der Waals surface area contributed by atoms with Gasteiger partial charge in [-0.25, -0.2) is 8.78 Å². The molecule has 1 aromatic rings. The topological polar surface area (TPSA) is 40.5 Å². The van der Waals surface area contributed by atoms with Crippen molar-refractivity contribution in [2.75, 3.05) is 13.1 Å². The molecule has 108 valence electrons. The molecule has 2 atom stereocenters. The Hall–Kier alpha value is -1.49. The van der Waals surface area contributed by atoms with E-state index in [1.807, 2.05) is 4.90 Å². The smallest absolute Gasteiger partial charge is 0.311 e. The highest BCUT2D eigenvalue weighted by molar-refractivity contribution is 5.76. The summed E-state index contributed by atoms with van der Waals surface area (Å²) in [6.45, 7) is 1.36. The Labute approximate surface area is 116 Å². The van der Waals surface area contributed by atoms with Gasteiger partial charge in [0.15, 0.2) is 0 Å². The number of carboxylic acid groups (broad SMARTS) is 1. The van der Waals surface area contributed by atoms with Gasteiger partial charge in [-0.1, -0.05) is 6.42 Å². The molecule has 1 N–H and O–H groups in total. The highest BCUT2D eigenvalue weighted by atomic mass is 19.1. The molecule has 1 saturated carbocycles. The second kappa shape index (κ2) is 4.81. The third-order valence-corrected chi connectivity index (χ3v) is 4.77. The molecular formula is C15H17F2NO2. The van der Waals surface area contributed by atoms with Crippen LogP contribution in [0.25, 0.3) is 0 Å². The Morgan fingerprint density at radius 2 is 2.25 bits per heavy atom. The zero-order valence-electron chi connectivity index (χ0n) is 11.1. The summed E-state index contributed by atoms with van der Waals surface area (Å²) in [6.07, 6.45) is 2.54. The first kappa shape index (κ1) is 13.5. The maximum atomic E-state index is 13.7. The van der Waals surface area contributed by atoms with Gasteiger partial charge in [0.05, 0.1) is 5.41 Å². The number of hydrogen-bond donors (Lipinski definition) is 1. The number of carbonyl (C=O) groups is 1. The van der Waals surface area contributed by atoms with Gasteiger partial charge < -0.3 is 5.11 Å². The lowest BCUT2D eigenvalue weighted by Gasteiger charge is -2.23. The van der Waals surface area contributed by atoms with Crippen molar-refractivity contribution in [3.63, 3.8) is 0 Å². The lowest BCUT2D eigenvalue weighted by atomic mass is 9.81. The molecule has 0 amide bonds. The fraction of sp³-hybridized carbons (Fsp3) is 0.533. The number of likely N-dealkylation sites (tertiary alicyclic amines) is 1. The highest BCUT2D eigenvalue weighted by Gasteiger charge is 2.54. The molecule has 0 bridgehead atoms. The minimum absolute atomic E-state index is 0.136. The molecular weight excluding hydrogens is 264 g/mol. The van der Waals surface area contributed by atoms with E-state index in [4.69, 9.17) is 0 Å². The molecule has 1 aliphatic carbocycles. The van der Waals surface area contributed by atoms with E-state index in [-0.39, 0.29) is 12.5 Å². The minimum atomic E-state index is -0.748. The molecule has 3 rings (SSSR count). The Bertz CT molecular complexity index is 549. The summed E-state index contributed by atoms with van der Waals surface area (Å²) in [5.41, 5.74) is -0.380. The van der Waals surface area contributed by atoms with Crippen LogP contribution in [-0.2, 0) is 11.3 Å². The number of aliphatic carboxylic acids is 1. The van der Waals surface area contributed by atoms with Gasteiger partial charge in [-0.15, -0.1) is 0 Å². The van der Waals surface area contributed by atoms with Crippen molar-refractivity contribution >= 4 is 5.97 Å². The van der Waals surface area contributed by atoms with Gasteiger partial charge in [-0.2, -0.15) is 0 Å². The van der Waals surface area contributed by atoms with Crippen molar-refractivity contribution in [3.05, 3.63) is 35.4 Å². The van der Waals surface area contributed by atoms with Gasteiger partial charge in [0.25, 0.3) is 0 Å². The Kier molecular flexibility index (Phi) is 3.24. The highest BCUT2D eigenvalue weighted by Crippen LogP contribution is 2.49. The van der Waals surface area contributed by atoms with E-state index in [1.165, 1.54) is 6.07 Å². The number of halogens is 2. The monoisotopic (exact) mass is 281 g/mol. The number of rotatable bonds is 3. The van der Waals surface area contributed by atoms with Crippen LogP contribution in [0, 0.1) is 23.0 Å². The molecule has 1 heterocycles. The van der Waals surface area contributed by atoms with Crippen LogP contribution in [0.2, 0.25) is 0 Å². The van der Waals surface area contributed by atoms with Crippen LogP contribution in [0.15, 0.2) is 18.2 Å². The predicted octanol–water partition coefficient (Wildman–Crippen LogP) is 2.65. The zero-order chi connectivity index (χ0) is 14.3. The molecule has 20 heavy (non-hydrogen) atoms. The van der Waals surface area contributed by atoms with Crippen molar-refractivity contribution in [3.8, 4) is 0 Å². The average Bonchev–Trinajstić information content (AvgIpc) is 2.91. The second-order valence-electron chi connectivity index (χ2n) is 5.96. The SMILES string of the molecule is O=C(O)[C@@]12CCC[C@H]1CN(Cc1cc(F)ccc1F)C2. The molecule has 2 aliphatic rings. The lowest BCUT2D eigenvalue weighted by Crippen LogP contribution is -2.35. The Morgan fingerprint density at radius 3 is 2.95 bits per heavy atom. The summed E-state index contributed by atoms with van der Waals surface area (Å²) in [5.74, 6) is -1.51. The third-order valence-electron chi connectivity index (χ3n) is 4.77. The van der Waals surface area contributed by atoms with E-state index in [0.717, 1.165) is 25.0 Å². The second-order valence-corrected chi connectivity index (χ2v) is 5.96. The molecule has 3 nitrogen and oxygen atoms in total. The van der Waals surface area contributed by atoms with Crippen LogP contribution in [0.4, 0.5) is 8.78 Å². The summed E-state index contributed by atoms with van der Waals surface area (Å²) in [5, 5.41) is 9.50. The van der Waals surface area contributed by atoms with E-state index in [1.54, 1.807) is 0 Å². The summed E-state index contributed by atoms with van der Waals surface area (Å²) < 4.78 is 26.8. The van der Waals surface area contributed by atoms with Crippen molar-refractivity contribution in [1.29, 1.82) is 0 Å². The molecule has 1 aliphatic heterocycles. The molecule has 0 spiro atoms. The van der Waals surface area contributed by atoms with E-state index < -0.39 is 23.0 Å². The fourth-order valence-electron chi connectivity index (χ4n) is 3.77. The Balaban J connectivity index is 1.78. The van der Waals surface area contributed by atoms with Gasteiger partial charge in [0, 0.05) is 25.2 Å². The van der Waals surface area contributed by atoms with Crippen LogP contribution in [0.5, 0.6) is 0 Å². The number of nitrogens with zero attached hydrogens (tertiary/aromatic N) is 1. The number of benzene rings is 1. The van der Waals surface area contributed by atoms with Gasteiger partial charge in [0.1, 0.15) is 11.6 Å². The van der Waals surface area contributed by atoms with Crippen LogP contribution >= 0.6 is 0 Å².